The minimum atomic E-state index is -1.77. The molecular weight excluding hydrogens is 427 g/mol. The van der Waals surface area contributed by atoms with Crippen LogP contribution in [0.3, 0.4) is 0 Å². The fourth-order valence-electron chi connectivity index (χ4n) is 3.28. The molecule has 8 heteroatoms. The lowest BCUT2D eigenvalue weighted by atomic mass is 9.99. The van der Waals surface area contributed by atoms with Gasteiger partial charge in [-0.05, 0) is 35.4 Å². The third-order valence-electron chi connectivity index (χ3n) is 5.03. The Hall–Kier alpha value is -4.04. The molecule has 2 amide bonds. The van der Waals surface area contributed by atoms with Gasteiger partial charge in [-0.3, -0.25) is 9.59 Å². The number of hydrogen-bond acceptors (Lipinski definition) is 4. The number of carbonyl (C=O) groups excluding carboxylic acids is 2. The summed E-state index contributed by atoms with van der Waals surface area (Å²) in [5.74, 6) is -3.25. The van der Waals surface area contributed by atoms with E-state index in [1.165, 1.54) is 24.3 Å². The summed E-state index contributed by atoms with van der Waals surface area (Å²) in [6.07, 6.45) is -1.88. The van der Waals surface area contributed by atoms with E-state index in [1.807, 2.05) is 0 Å². The maximum Gasteiger partial charge on any atom is 0.326 e. The molecule has 0 aliphatic carbocycles. The molecular formula is C25H23FN2O5. The molecule has 0 fully saturated rings. The van der Waals surface area contributed by atoms with Gasteiger partial charge in [-0.25, -0.2) is 9.18 Å². The maximum absolute atomic E-state index is 13.1. The molecule has 7 nitrogen and oxygen atoms in total. The second-order valence-electron chi connectivity index (χ2n) is 7.40. The van der Waals surface area contributed by atoms with E-state index in [2.05, 4.69) is 10.6 Å². The van der Waals surface area contributed by atoms with E-state index >= 15 is 0 Å². The SMILES string of the molecule is O=C(N[C@@H](c1ccccc1)[C@@H](O)C(=O)N[C@@H](Cc1ccc(F)cc1)C(=O)O)c1ccccc1. The van der Waals surface area contributed by atoms with Crippen LogP contribution in [0.15, 0.2) is 84.9 Å². The Balaban J connectivity index is 1.78. The molecule has 3 aromatic rings. The average Bonchev–Trinajstić information content (AvgIpc) is 2.83. The Morgan fingerprint density at radius 3 is 1.97 bits per heavy atom. The van der Waals surface area contributed by atoms with Gasteiger partial charge in [-0.1, -0.05) is 60.7 Å². The van der Waals surface area contributed by atoms with E-state index in [0.29, 0.717) is 16.7 Å². The van der Waals surface area contributed by atoms with Crippen LogP contribution >= 0.6 is 0 Å². The van der Waals surface area contributed by atoms with Gasteiger partial charge in [0.2, 0.25) is 0 Å². The number of aliphatic hydroxyl groups excluding tert-OH is 1. The summed E-state index contributed by atoms with van der Waals surface area (Å²) in [6, 6.07) is 19.4. The topological polar surface area (TPSA) is 116 Å². The molecule has 0 heterocycles. The Morgan fingerprint density at radius 2 is 1.39 bits per heavy atom. The summed E-state index contributed by atoms with van der Waals surface area (Å²) < 4.78 is 13.1. The zero-order valence-electron chi connectivity index (χ0n) is 17.5. The highest BCUT2D eigenvalue weighted by Gasteiger charge is 2.32. The van der Waals surface area contributed by atoms with Crippen LogP contribution in [0.5, 0.6) is 0 Å². The molecule has 0 radical (unpaired) electrons. The quantitative estimate of drug-likeness (QED) is 0.400. The second kappa shape index (κ2) is 11.0. The van der Waals surface area contributed by atoms with Crippen LogP contribution in [0.2, 0.25) is 0 Å². The van der Waals surface area contributed by atoms with Crippen molar-refractivity contribution in [2.45, 2.75) is 24.6 Å². The number of rotatable bonds is 9. The third-order valence-corrected chi connectivity index (χ3v) is 5.03. The monoisotopic (exact) mass is 450 g/mol. The Bertz CT molecular complexity index is 1090. The molecule has 3 aromatic carbocycles. The molecule has 170 valence electrons. The van der Waals surface area contributed by atoms with Gasteiger partial charge in [0.1, 0.15) is 11.9 Å². The van der Waals surface area contributed by atoms with E-state index in [1.54, 1.807) is 60.7 Å². The number of amides is 2. The van der Waals surface area contributed by atoms with Gasteiger partial charge in [0, 0.05) is 12.0 Å². The summed E-state index contributed by atoms with van der Waals surface area (Å²) in [5.41, 5.74) is 1.30. The third kappa shape index (κ3) is 6.47. The normalized spacial score (nSPS) is 13.4. The fourth-order valence-corrected chi connectivity index (χ4v) is 3.28. The van der Waals surface area contributed by atoms with Crippen molar-refractivity contribution in [1.82, 2.24) is 10.6 Å². The van der Waals surface area contributed by atoms with Crippen LogP contribution in [0, 0.1) is 5.82 Å². The zero-order valence-corrected chi connectivity index (χ0v) is 17.5. The number of carboxylic acids is 1. The summed E-state index contributed by atoms with van der Waals surface area (Å²) in [7, 11) is 0. The number of benzene rings is 3. The predicted molar refractivity (Wildman–Crippen MR) is 119 cm³/mol. The molecule has 0 spiro atoms. The van der Waals surface area contributed by atoms with Crippen LogP contribution in [0.1, 0.15) is 27.5 Å². The Labute approximate surface area is 189 Å². The number of carboxylic acid groups (broad SMARTS) is 1. The number of aliphatic carboxylic acids is 1. The minimum absolute atomic E-state index is 0.111. The van der Waals surface area contributed by atoms with Gasteiger partial charge in [0.05, 0.1) is 6.04 Å². The highest BCUT2D eigenvalue weighted by Crippen LogP contribution is 2.19. The number of carbonyl (C=O) groups is 3. The minimum Gasteiger partial charge on any atom is -0.480 e. The van der Waals surface area contributed by atoms with Crippen molar-refractivity contribution in [1.29, 1.82) is 0 Å². The van der Waals surface area contributed by atoms with Crippen molar-refractivity contribution in [3.63, 3.8) is 0 Å². The first-order chi connectivity index (χ1) is 15.8. The largest absolute Gasteiger partial charge is 0.480 e. The van der Waals surface area contributed by atoms with Crippen LogP contribution in [0.25, 0.3) is 0 Å². The molecule has 33 heavy (non-hydrogen) atoms. The van der Waals surface area contributed by atoms with Gasteiger partial charge in [-0.2, -0.15) is 0 Å². The molecule has 0 aliphatic heterocycles. The fraction of sp³-hybridized carbons (Fsp3) is 0.160. The predicted octanol–water partition coefficient (Wildman–Crippen LogP) is 2.47. The molecule has 3 rings (SSSR count). The van der Waals surface area contributed by atoms with E-state index < -0.39 is 41.8 Å². The number of halogens is 1. The van der Waals surface area contributed by atoms with Gasteiger partial charge >= 0.3 is 5.97 Å². The molecule has 4 N–H and O–H groups in total. The first kappa shape index (κ1) is 23.6. The highest BCUT2D eigenvalue weighted by molar-refractivity contribution is 5.95. The van der Waals surface area contributed by atoms with Crippen LogP contribution in [-0.4, -0.2) is 40.1 Å². The summed E-state index contributed by atoms with van der Waals surface area (Å²) in [4.78, 5) is 37.2. The van der Waals surface area contributed by atoms with E-state index in [-0.39, 0.29) is 6.42 Å². The maximum atomic E-state index is 13.1. The van der Waals surface area contributed by atoms with Crippen molar-refractivity contribution in [3.8, 4) is 0 Å². The average molecular weight is 450 g/mol. The lowest BCUT2D eigenvalue weighted by Gasteiger charge is -2.25. The molecule has 0 saturated carbocycles. The Kier molecular flexibility index (Phi) is 7.88. The molecule has 0 aromatic heterocycles. The zero-order chi connectivity index (χ0) is 23.8. The van der Waals surface area contributed by atoms with Crippen molar-refractivity contribution in [3.05, 3.63) is 107 Å². The summed E-state index contributed by atoms with van der Waals surface area (Å²) >= 11 is 0. The second-order valence-corrected chi connectivity index (χ2v) is 7.40. The Morgan fingerprint density at radius 1 is 0.818 bits per heavy atom. The van der Waals surface area contributed by atoms with E-state index in [9.17, 15) is 29.0 Å². The van der Waals surface area contributed by atoms with E-state index in [4.69, 9.17) is 0 Å². The summed E-state index contributed by atoms with van der Waals surface area (Å²) in [5, 5.41) is 25.3. The van der Waals surface area contributed by atoms with Gasteiger partial charge in [0.15, 0.2) is 6.10 Å². The van der Waals surface area contributed by atoms with Gasteiger partial charge in [-0.15, -0.1) is 0 Å². The molecule has 0 aliphatic rings. The lowest BCUT2D eigenvalue weighted by Crippen LogP contribution is -2.50. The van der Waals surface area contributed by atoms with Crippen LogP contribution < -0.4 is 10.6 Å². The van der Waals surface area contributed by atoms with Gasteiger partial charge < -0.3 is 20.8 Å². The van der Waals surface area contributed by atoms with Crippen LogP contribution in [-0.2, 0) is 16.0 Å². The van der Waals surface area contributed by atoms with E-state index in [0.717, 1.165) is 0 Å². The molecule has 0 bridgehead atoms. The van der Waals surface area contributed by atoms with Crippen LogP contribution in [0.4, 0.5) is 4.39 Å². The standard InChI is InChI=1S/C25H23FN2O5/c26-19-13-11-16(12-14-19)15-20(25(32)33)27-24(31)22(29)21(17-7-3-1-4-8-17)28-23(30)18-9-5-2-6-10-18/h1-14,20-22,29H,15H2,(H,27,31)(H,28,30)(H,32,33)/t20-,21-,22+/m0/s1. The number of aliphatic hydroxyl groups is 1. The number of nitrogens with one attached hydrogen (secondary N) is 2. The van der Waals surface area contributed by atoms with Gasteiger partial charge in [0.25, 0.3) is 11.8 Å². The highest BCUT2D eigenvalue weighted by atomic mass is 19.1. The molecule has 3 atom stereocenters. The molecule has 0 unspecified atom stereocenters. The lowest BCUT2D eigenvalue weighted by molar-refractivity contribution is -0.143. The first-order valence-electron chi connectivity index (χ1n) is 10.2. The number of hydrogen-bond donors (Lipinski definition) is 4. The first-order valence-corrected chi connectivity index (χ1v) is 10.2. The summed E-state index contributed by atoms with van der Waals surface area (Å²) in [6.45, 7) is 0. The smallest absolute Gasteiger partial charge is 0.326 e. The van der Waals surface area contributed by atoms with Crippen molar-refractivity contribution < 1.29 is 29.0 Å². The molecule has 0 saturated heterocycles. The van der Waals surface area contributed by atoms with Crippen molar-refractivity contribution in [2.75, 3.05) is 0 Å². The van der Waals surface area contributed by atoms with Crippen molar-refractivity contribution >= 4 is 17.8 Å². The van der Waals surface area contributed by atoms with Crippen molar-refractivity contribution in [2.24, 2.45) is 0 Å².